The summed E-state index contributed by atoms with van der Waals surface area (Å²) in [5, 5.41) is 91.2. The van der Waals surface area contributed by atoms with E-state index in [2.05, 4.69) is 23.7 Å². The SMILES string of the molecule is OCC[C@H]1O[C@H](C#Cc2ccc3c4ccc(C#C[C@H]5O[C@H](CO)[C@@H](O)[C@H](O)[C@@H]5O)cc4n(CCO)c3c2)[C@@H](O)[C@@H](O)[C@@H]1O. The van der Waals surface area contributed by atoms with Gasteiger partial charge < -0.3 is 60.0 Å². The molecule has 3 aromatic rings. The van der Waals surface area contributed by atoms with E-state index in [1.807, 2.05) is 28.8 Å². The van der Waals surface area contributed by atoms with Gasteiger partial charge in [-0.1, -0.05) is 35.8 Å². The van der Waals surface area contributed by atoms with Crippen molar-refractivity contribution >= 4 is 21.8 Å². The van der Waals surface area contributed by atoms with Crippen LogP contribution in [0.25, 0.3) is 21.8 Å². The Bertz CT molecular complexity index is 1560. The van der Waals surface area contributed by atoms with Crippen LogP contribution in [0.2, 0.25) is 0 Å². The maximum absolute atomic E-state index is 10.4. The highest BCUT2D eigenvalue weighted by Crippen LogP contribution is 2.31. The maximum atomic E-state index is 10.4. The minimum atomic E-state index is -1.52. The quantitative estimate of drug-likeness (QED) is 0.141. The highest BCUT2D eigenvalue weighted by molar-refractivity contribution is 6.08. The molecular formula is C31H35NO11. The summed E-state index contributed by atoms with van der Waals surface area (Å²) < 4.78 is 13.0. The van der Waals surface area contributed by atoms with E-state index in [4.69, 9.17) is 9.47 Å². The van der Waals surface area contributed by atoms with E-state index < -0.39 is 67.6 Å². The zero-order valence-electron chi connectivity index (χ0n) is 23.1. The van der Waals surface area contributed by atoms with Crippen molar-refractivity contribution in [3.8, 4) is 23.7 Å². The number of aliphatic hydroxyl groups excluding tert-OH is 9. The van der Waals surface area contributed by atoms with Crippen molar-refractivity contribution in [1.82, 2.24) is 4.57 Å². The Hall–Kier alpha value is -3.08. The number of nitrogens with zero attached hydrogens (tertiary/aromatic N) is 1. The van der Waals surface area contributed by atoms with Crippen molar-refractivity contribution in [2.24, 2.45) is 0 Å². The van der Waals surface area contributed by atoms with Crippen LogP contribution in [0.4, 0.5) is 0 Å². The molecular weight excluding hydrogens is 562 g/mol. The molecule has 230 valence electrons. The molecule has 0 saturated carbocycles. The fraction of sp³-hybridized carbons (Fsp3) is 0.484. The summed E-state index contributed by atoms with van der Waals surface area (Å²) in [6.07, 6.45) is -12.8. The fourth-order valence-corrected chi connectivity index (χ4v) is 5.56. The van der Waals surface area contributed by atoms with Crippen molar-refractivity contribution in [3.63, 3.8) is 0 Å². The van der Waals surface area contributed by atoms with Crippen molar-refractivity contribution in [2.45, 2.75) is 74.0 Å². The molecule has 0 spiro atoms. The molecule has 2 fully saturated rings. The molecule has 0 aliphatic carbocycles. The number of hydrogen-bond acceptors (Lipinski definition) is 11. The van der Waals surface area contributed by atoms with E-state index in [9.17, 15) is 46.0 Å². The summed E-state index contributed by atoms with van der Waals surface area (Å²) in [4.78, 5) is 0. The van der Waals surface area contributed by atoms with Crippen LogP contribution in [-0.4, -0.2) is 131 Å². The van der Waals surface area contributed by atoms with Gasteiger partial charge in [-0.25, -0.2) is 0 Å². The lowest BCUT2D eigenvalue weighted by atomic mass is 9.93. The van der Waals surface area contributed by atoms with Crippen LogP contribution in [0.15, 0.2) is 36.4 Å². The van der Waals surface area contributed by atoms with Gasteiger partial charge in [-0.15, -0.1) is 0 Å². The van der Waals surface area contributed by atoms with Crippen LogP contribution in [0.5, 0.6) is 0 Å². The van der Waals surface area contributed by atoms with E-state index in [1.54, 1.807) is 12.1 Å². The summed E-state index contributed by atoms with van der Waals surface area (Å²) in [7, 11) is 0. The Labute approximate surface area is 247 Å². The third-order valence-corrected chi connectivity index (χ3v) is 7.93. The molecule has 2 saturated heterocycles. The van der Waals surface area contributed by atoms with Crippen LogP contribution in [0, 0.1) is 23.7 Å². The Kier molecular flexibility index (Phi) is 9.68. The molecule has 3 heterocycles. The Morgan fingerprint density at radius 1 is 0.605 bits per heavy atom. The Balaban J connectivity index is 1.46. The van der Waals surface area contributed by atoms with Crippen molar-refractivity contribution in [3.05, 3.63) is 47.5 Å². The van der Waals surface area contributed by atoms with Gasteiger partial charge in [0.05, 0.1) is 30.4 Å². The molecule has 12 nitrogen and oxygen atoms in total. The Morgan fingerprint density at radius 2 is 1.09 bits per heavy atom. The van der Waals surface area contributed by atoms with Gasteiger partial charge in [0, 0.05) is 35.1 Å². The number of hydrogen-bond donors (Lipinski definition) is 9. The topological polar surface area (TPSA) is 205 Å². The van der Waals surface area contributed by atoms with Crippen LogP contribution < -0.4 is 0 Å². The smallest absolute Gasteiger partial charge is 0.147 e. The average molecular weight is 598 g/mol. The van der Waals surface area contributed by atoms with Gasteiger partial charge in [0.15, 0.2) is 0 Å². The van der Waals surface area contributed by atoms with Crippen molar-refractivity contribution in [1.29, 1.82) is 0 Å². The molecule has 0 amide bonds. The lowest BCUT2D eigenvalue weighted by Gasteiger charge is -2.38. The third-order valence-electron chi connectivity index (χ3n) is 7.93. The number of benzene rings is 2. The predicted octanol–water partition coefficient (Wildman–Crippen LogP) is -2.44. The second-order valence-corrected chi connectivity index (χ2v) is 10.7. The largest absolute Gasteiger partial charge is 0.396 e. The zero-order chi connectivity index (χ0) is 30.8. The van der Waals surface area contributed by atoms with Gasteiger partial charge >= 0.3 is 0 Å². The van der Waals surface area contributed by atoms with Gasteiger partial charge in [-0.2, -0.15) is 0 Å². The van der Waals surface area contributed by atoms with E-state index in [0.717, 1.165) is 21.8 Å². The molecule has 0 bridgehead atoms. The first-order valence-electron chi connectivity index (χ1n) is 14.0. The van der Waals surface area contributed by atoms with Gasteiger partial charge in [0.2, 0.25) is 0 Å². The van der Waals surface area contributed by atoms with E-state index in [-0.39, 0.29) is 26.2 Å². The highest BCUT2D eigenvalue weighted by atomic mass is 16.5. The Morgan fingerprint density at radius 3 is 1.56 bits per heavy atom. The molecule has 5 rings (SSSR count). The summed E-state index contributed by atoms with van der Waals surface area (Å²) >= 11 is 0. The number of aromatic nitrogens is 1. The lowest BCUT2D eigenvalue weighted by Crippen LogP contribution is -2.58. The van der Waals surface area contributed by atoms with Crippen LogP contribution in [-0.2, 0) is 16.0 Å². The number of fused-ring (bicyclic) bond motifs is 3. The first-order chi connectivity index (χ1) is 20.7. The molecule has 10 atom stereocenters. The summed E-state index contributed by atoms with van der Waals surface area (Å²) in [6, 6.07) is 10.9. The minimum Gasteiger partial charge on any atom is -0.396 e. The highest BCUT2D eigenvalue weighted by Gasteiger charge is 2.43. The first-order valence-corrected chi connectivity index (χ1v) is 14.0. The van der Waals surface area contributed by atoms with Gasteiger partial charge in [-0.3, -0.25) is 0 Å². The molecule has 9 N–H and O–H groups in total. The lowest BCUT2D eigenvalue weighted by molar-refractivity contribution is -0.214. The molecule has 0 unspecified atom stereocenters. The standard InChI is InChI=1S/C31H35NO11/c33-11-9-24-28(38)30(40)26(36)22(42-24)7-3-16-1-5-18-19-6-2-17(14-21(19)32(10-12-34)20(18)13-16)4-8-23-27(37)31(41)29(39)25(15-35)43-23/h1-2,5-6,13-14,22-31,33-41H,9-12,15H2/t22-,23-,24-,25-,26-,27-,28-,29-,30-,31-/m1/s1. The number of aliphatic hydroxyl groups is 9. The molecule has 2 aliphatic rings. The monoisotopic (exact) mass is 597 g/mol. The molecule has 43 heavy (non-hydrogen) atoms. The van der Waals surface area contributed by atoms with Gasteiger partial charge in [0.1, 0.15) is 54.9 Å². The van der Waals surface area contributed by atoms with E-state index >= 15 is 0 Å². The minimum absolute atomic E-state index is 0.0746. The normalized spacial score (nSPS) is 32.7. The molecule has 0 radical (unpaired) electrons. The van der Waals surface area contributed by atoms with Crippen molar-refractivity contribution < 1.29 is 55.4 Å². The number of ether oxygens (including phenoxy) is 2. The van der Waals surface area contributed by atoms with Crippen LogP contribution >= 0.6 is 0 Å². The van der Waals surface area contributed by atoms with E-state index in [0.29, 0.717) is 11.1 Å². The molecule has 12 heteroatoms. The predicted molar refractivity (Wildman–Crippen MR) is 152 cm³/mol. The maximum Gasteiger partial charge on any atom is 0.147 e. The average Bonchev–Trinajstić information content (AvgIpc) is 3.31. The zero-order valence-corrected chi connectivity index (χ0v) is 23.1. The van der Waals surface area contributed by atoms with Crippen LogP contribution in [0.3, 0.4) is 0 Å². The van der Waals surface area contributed by atoms with Gasteiger partial charge in [-0.05, 0) is 30.7 Å². The van der Waals surface area contributed by atoms with Crippen molar-refractivity contribution in [2.75, 3.05) is 19.8 Å². The summed E-state index contributed by atoms with van der Waals surface area (Å²) in [5.41, 5.74) is 2.68. The third kappa shape index (κ3) is 6.14. The molecule has 2 aliphatic heterocycles. The molecule has 2 aromatic carbocycles. The second-order valence-electron chi connectivity index (χ2n) is 10.7. The molecule has 1 aromatic heterocycles. The first kappa shape index (κ1) is 31.3. The number of rotatable bonds is 5. The van der Waals surface area contributed by atoms with Gasteiger partial charge in [0.25, 0.3) is 0 Å². The summed E-state index contributed by atoms with van der Waals surface area (Å²) in [6.45, 7) is -0.702. The fourth-order valence-electron chi connectivity index (χ4n) is 5.56. The van der Waals surface area contributed by atoms with E-state index in [1.165, 1.54) is 0 Å². The second kappa shape index (κ2) is 13.3. The van der Waals surface area contributed by atoms with Crippen LogP contribution in [0.1, 0.15) is 17.5 Å². The summed E-state index contributed by atoms with van der Waals surface area (Å²) in [5.74, 6) is 11.5.